The SMILES string of the molecule is Cc1ccc(C(=O)Cc2ccsc2)c(F)c1. The van der Waals surface area contributed by atoms with Gasteiger partial charge in [0, 0.05) is 6.42 Å². The Balaban J connectivity index is 2.21. The Labute approximate surface area is 97.6 Å². The van der Waals surface area contributed by atoms with Gasteiger partial charge in [-0.05, 0) is 47.0 Å². The molecule has 0 N–H and O–H groups in total. The van der Waals surface area contributed by atoms with E-state index in [-0.39, 0.29) is 17.8 Å². The zero-order chi connectivity index (χ0) is 11.5. The number of Topliss-reactive ketones (excluding diaryl/α,β-unsaturated/α-hetero) is 1. The third-order valence-electron chi connectivity index (χ3n) is 2.37. The fourth-order valence-corrected chi connectivity index (χ4v) is 2.19. The number of halogens is 1. The van der Waals surface area contributed by atoms with E-state index in [2.05, 4.69) is 0 Å². The van der Waals surface area contributed by atoms with Crippen LogP contribution in [0.2, 0.25) is 0 Å². The molecule has 2 rings (SSSR count). The molecule has 0 unspecified atom stereocenters. The predicted molar refractivity (Wildman–Crippen MR) is 63.5 cm³/mol. The molecule has 1 aromatic carbocycles. The van der Waals surface area contributed by atoms with Gasteiger partial charge < -0.3 is 0 Å². The molecule has 1 nitrogen and oxygen atoms in total. The van der Waals surface area contributed by atoms with E-state index in [0.717, 1.165) is 11.1 Å². The van der Waals surface area contributed by atoms with Crippen molar-refractivity contribution in [1.82, 2.24) is 0 Å². The molecule has 0 saturated carbocycles. The minimum atomic E-state index is -0.430. The number of hydrogen-bond acceptors (Lipinski definition) is 2. The second kappa shape index (κ2) is 4.58. The van der Waals surface area contributed by atoms with Crippen molar-refractivity contribution in [3.63, 3.8) is 0 Å². The summed E-state index contributed by atoms with van der Waals surface area (Å²) in [5.74, 6) is -0.601. The molecule has 0 spiro atoms. The van der Waals surface area contributed by atoms with Crippen LogP contribution >= 0.6 is 11.3 Å². The topological polar surface area (TPSA) is 17.1 Å². The molecular formula is C13H11FOS. The summed E-state index contributed by atoms with van der Waals surface area (Å²) in [7, 11) is 0. The Kier molecular flexibility index (Phi) is 3.15. The quantitative estimate of drug-likeness (QED) is 0.741. The Morgan fingerprint density at radius 1 is 1.38 bits per heavy atom. The molecule has 1 aromatic heterocycles. The highest BCUT2D eigenvalue weighted by atomic mass is 32.1. The number of ketones is 1. The summed E-state index contributed by atoms with van der Waals surface area (Å²) < 4.78 is 13.5. The van der Waals surface area contributed by atoms with Gasteiger partial charge in [-0.15, -0.1) is 0 Å². The van der Waals surface area contributed by atoms with Crippen LogP contribution in [0.3, 0.4) is 0 Å². The third-order valence-corrected chi connectivity index (χ3v) is 3.10. The van der Waals surface area contributed by atoms with Crippen LogP contribution in [0.25, 0.3) is 0 Å². The maximum Gasteiger partial charge on any atom is 0.170 e. The molecule has 0 radical (unpaired) electrons. The summed E-state index contributed by atoms with van der Waals surface area (Å²) in [6, 6.07) is 6.58. The summed E-state index contributed by atoms with van der Waals surface area (Å²) in [6.45, 7) is 1.80. The fourth-order valence-electron chi connectivity index (χ4n) is 1.52. The summed E-state index contributed by atoms with van der Waals surface area (Å²) >= 11 is 1.54. The monoisotopic (exact) mass is 234 g/mol. The van der Waals surface area contributed by atoms with Crippen molar-refractivity contribution in [1.29, 1.82) is 0 Å². The lowest BCUT2D eigenvalue weighted by Crippen LogP contribution is -2.05. The van der Waals surface area contributed by atoms with Crippen molar-refractivity contribution in [3.05, 3.63) is 57.5 Å². The number of carbonyl (C=O) groups is 1. The molecule has 0 aliphatic heterocycles. The fraction of sp³-hybridized carbons (Fsp3) is 0.154. The average molecular weight is 234 g/mol. The summed E-state index contributed by atoms with van der Waals surface area (Å²) in [5.41, 5.74) is 1.94. The number of carbonyl (C=O) groups excluding carboxylic acids is 1. The molecule has 0 bridgehead atoms. The second-order valence-corrected chi connectivity index (χ2v) is 4.49. The average Bonchev–Trinajstić information content (AvgIpc) is 2.70. The van der Waals surface area contributed by atoms with Crippen LogP contribution in [0.15, 0.2) is 35.0 Å². The van der Waals surface area contributed by atoms with Crippen molar-refractivity contribution in [2.24, 2.45) is 0 Å². The summed E-state index contributed by atoms with van der Waals surface area (Å²) in [5, 5.41) is 3.82. The first kappa shape index (κ1) is 11.0. The number of hydrogen-bond donors (Lipinski definition) is 0. The van der Waals surface area contributed by atoms with Crippen LogP contribution in [-0.4, -0.2) is 5.78 Å². The highest BCUT2D eigenvalue weighted by Crippen LogP contribution is 2.14. The molecule has 3 heteroatoms. The molecule has 2 aromatic rings. The Bertz CT molecular complexity index is 503. The van der Waals surface area contributed by atoms with Gasteiger partial charge in [0.05, 0.1) is 5.56 Å². The lowest BCUT2D eigenvalue weighted by molar-refractivity contribution is 0.0989. The largest absolute Gasteiger partial charge is 0.294 e. The van der Waals surface area contributed by atoms with E-state index in [1.807, 2.05) is 16.8 Å². The zero-order valence-corrected chi connectivity index (χ0v) is 9.68. The van der Waals surface area contributed by atoms with E-state index in [4.69, 9.17) is 0 Å². The first-order valence-electron chi connectivity index (χ1n) is 4.97. The standard InChI is InChI=1S/C13H11FOS/c1-9-2-3-11(12(14)6-9)13(15)7-10-4-5-16-8-10/h2-6,8H,7H2,1H3. The van der Waals surface area contributed by atoms with Gasteiger partial charge in [-0.2, -0.15) is 11.3 Å². The number of benzene rings is 1. The first-order chi connectivity index (χ1) is 7.66. The van der Waals surface area contributed by atoms with Gasteiger partial charge in [0.25, 0.3) is 0 Å². The normalized spacial score (nSPS) is 10.4. The maximum absolute atomic E-state index is 13.5. The number of rotatable bonds is 3. The molecule has 1 heterocycles. The van der Waals surface area contributed by atoms with Crippen LogP contribution in [0.1, 0.15) is 21.5 Å². The molecule has 0 aliphatic rings. The molecular weight excluding hydrogens is 223 g/mol. The van der Waals surface area contributed by atoms with Crippen molar-refractivity contribution in [2.45, 2.75) is 13.3 Å². The van der Waals surface area contributed by atoms with E-state index in [1.54, 1.807) is 19.1 Å². The van der Waals surface area contributed by atoms with E-state index in [1.165, 1.54) is 17.4 Å². The Hall–Kier alpha value is -1.48. The zero-order valence-electron chi connectivity index (χ0n) is 8.87. The second-order valence-electron chi connectivity index (χ2n) is 3.71. The molecule has 16 heavy (non-hydrogen) atoms. The van der Waals surface area contributed by atoms with Crippen LogP contribution in [0, 0.1) is 12.7 Å². The van der Waals surface area contributed by atoms with Crippen LogP contribution in [0.5, 0.6) is 0 Å². The van der Waals surface area contributed by atoms with Crippen molar-refractivity contribution in [2.75, 3.05) is 0 Å². The molecule has 0 fully saturated rings. The van der Waals surface area contributed by atoms with Crippen LogP contribution in [-0.2, 0) is 6.42 Å². The Morgan fingerprint density at radius 2 is 2.19 bits per heavy atom. The van der Waals surface area contributed by atoms with Gasteiger partial charge in [-0.1, -0.05) is 6.07 Å². The van der Waals surface area contributed by atoms with Crippen molar-refractivity contribution >= 4 is 17.1 Å². The molecule has 0 aliphatic carbocycles. The third kappa shape index (κ3) is 2.36. The minimum Gasteiger partial charge on any atom is -0.294 e. The van der Waals surface area contributed by atoms with Gasteiger partial charge in [0.2, 0.25) is 0 Å². The Morgan fingerprint density at radius 3 is 2.81 bits per heavy atom. The molecule has 0 atom stereocenters. The van der Waals surface area contributed by atoms with E-state index >= 15 is 0 Å². The van der Waals surface area contributed by atoms with Gasteiger partial charge in [-0.3, -0.25) is 4.79 Å². The van der Waals surface area contributed by atoms with Crippen LogP contribution in [0.4, 0.5) is 4.39 Å². The highest BCUT2D eigenvalue weighted by molar-refractivity contribution is 7.08. The van der Waals surface area contributed by atoms with Crippen molar-refractivity contribution in [3.8, 4) is 0 Å². The highest BCUT2D eigenvalue weighted by Gasteiger charge is 2.12. The molecule has 82 valence electrons. The number of aryl methyl sites for hydroxylation is 1. The molecule has 0 amide bonds. The first-order valence-corrected chi connectivity index (χ1v) is 5.91. The van der Waals surface area contributed by atoms with Gasteiger partial charge >= 0.3 is 0 Å². The lowest BCUT2D eigenvalue weighted by Gasteiger charge is -2.02. The predicted octanol–water partition coefficient (Wildman–Crippen LogP) is 3.62. The summed E-state index contributed by atoms with van der Waals surface area (Å²) in [4.78, 5) is 11.8. The van der Waals surface area contributed by atoms with E-state index < -0.39 is 5.82 Å². The van der Waals surface area contributed by atoms with Gasteiger partial charge in [0.15, 0.2) is 5.78 Å². The van der Waals surface area contributed by atoms with Crippen LogP contribution < -0.4 is 0 Å². The smallest absolute Gasteiger partial charge is 0.170 e. The lowest BCUT2D eigenvalue weighted by atomic mass is 10.0. The van der Waals surface area contributed by atoms with Gasteiger partial charge in [0.1, 0.15) is 5.82 Å². The van der Waals surface area contributed by atoms with E-state index in [9.17, 15) is 9.18 Å². The van der Waals surface area contributed by atoms with Gasteiger partial charge in [-0.25, -0.2) is 4.39 Å². The molecule has 0 saturated heterocycles. The minimum absolute atomic E-state index is 0.170. The van der Waals surface area contributed by atoms with E-state index in [0.29, 0.717) is 0 Å². The summed E-state index contributed by atoms with van der Waals surface area (Å²) in [6.07, 6.45) is 0.267. The maximum atomic E-state index is 13.5. The van der Waals surface area contributed by atoms with Crippen molar-refractivity contribution < 1.29 is 9.18 Å². The number of thiophene rings is 1.